The highest BCUT2D eigenvalue weighted by molar-refractivity contribution is 6.46. The molecule has 1 aliphatic heterocycles. The number of phenols is 1. The van der Waals surface area contributed by atoms with Crippen molar-refractivity contribution in [2.75, 3.05) is 27.2 Å². The third-order valence-electron chi connectivity index (χ3n) is 5.80. The predicted octanol–water partition coefficient (Wildman–Crippen LogP) is 3.69. The van der Waals surface area contributed by atoms with Crippen molar-refractivity contribution >= 4 is 17.4 Å². The van der Waals surface area contributed by atoms with Gasteiger partial charge in [0, 0.05) is 6.54 Å². The maximum atomic E-state index is 13.0. The zero-order valence-corrected chi connectivity index (χ0v) is 18.8. The molecule has 1 aliphatic rings. The molecule has 1 atom stereocenters. The van der Waals surface area contributed by atoms with Crippen LogP contribution in [0.4, 0.5) is 0 Å². The van der Waals surface area contributed by atoms with E-state index in [4.69, 9.17) is 0 Å². The number of rotatable bonds is 6. The molecule has 1 amide bonds. The second-order valence-corrected chi connectivity index (χ2v) is 8.51. The number of phenolic OH excluding ortho intramolecular Hbond substituents is 1. The predicted molar refractivity (Wildman–Crippen MR) is 121 cm³/mol. The summed E-state index contributed by atoms with van der Waals surface area (Å²) < 4.78 is 0. The first kappa shape index (κ1) is 22.6. The normalized spacial score (nSPS) is 18.3. The number of aryl methyl sites for hydroxylation is 3. The summed E-state index contributed by atoms with van der Waals surface area (Å²) in [6.45, 7) is 6.83. The summed E-state index contributed by atoms with van der Waals surface area (Å²) in [7, 11) is 3.90. The number of likely N-dealkylation sites (tertiary alicyclic amines) is 1. The SMILES string of the molecule is Cc1ccc([C@H]2C(=C(O)c3cc(C)c(C)cc3O)C(=O)C(=O)N2CCCN(C)C)cc1. The first-order chi connectivity index (χ1) is 14.6. The summed E-state index contributed by atoms with van der Waals surface area (Å²) in [5.74, 6) is -1.83. The molecule has 31 heavy (non-hydrogen) atoms. The molecule has 2 aromatic rings. The van der Waals surface area contributed by atoms with E-state index in [2.05, 4.69) is 0 Å². The van der Waals surface area contributed by atoms with Crippen LogP contribution in [-0.2, 0) is 9.59 Å². The van der Waals surface area contributed by atoms with Crippen LogP contribution in [0.5, 0.6) is 5.75 Å². The number of aromatic hydroxyl groups is 1. The topological polar surface area (TPSA) is 81.1 Å². The molecule has 2 aromatic carbocycles. The summed E-state index contributed by atoms with van der Waals surface area (Å²) in [5.41, 5.74) is 3.71. The zero-order valence-electron chi connectivity index (χ0n) is 18.8. The van der Waals surface area contributed by atoms with E-state index >= 15 is 0 Å². The average molecular weight is 423 g/mol. The lowest BCUT2D eigenvalue weighted by Crippen LogP contribution is -2.32. The molecule has 0 bridgehead atoms. The summed E-state index contributed by atoms with van der Waals surface area (Å²) >= 11 is 0. The number of carbonyl (C=O) groups excluding carboxylic acids is 2. The molecule has 0 radical (unpaired) electrons. The van der Waals surface area contributed by atoms with Crippen LogP contribution in [0, 0.1) is 20.8 Å². The number of amides is 1. The summed E-state index contributed by atoms with van der Waals surface area (Å²) in [4.78, 5) is 29.5. The van der Waals surface area contributed by atoms with Crippen LogP contribution in [0.1, 0.15) is 40.3 Å². The highest BCUT2D eigenvalue weighted by Gasteiger charge is 2.46. The number of hydrogen-bond acceptors (Lipinski definition) is 5. The van der Waals surface area contributed by atoms with Crippen molar-refractivity contribution in [2.45, 2.75) is 33.2 Å². The fourth-order valence-corrected chi connectivity index (χ4v) is 3.90. The van der Waals surface area contributed by atoms with E-state index in [1.165, 1.54) is 4.90 Å². The van der Waals surface area contributed by atoms with Gasteiger partial charge in [0.1, 0.15) is 11.5 Å². The van der Waals surface area contributed by atoms with Crippen LogP contribution in [0.25, 0.3) is 5.76 Å². The Morgan fingerprint density at radius 3 is 2.26 bits per heavy atom. The standard InChI is InChI=1S/C25H30N2O4/c1-15-7-9-18(10-8-15)22-21(23(29)19-13-16(2)17(3)14-20(19)28)24(30)25(31)27(22)12-6-11-26(4)5/h7-10,13-14,22,28-29H,6,11-12H2,1-5H3/t22-/m0/s1. The smallest absolute Gasteiger partial charge is 0.295 e. The number of carbonyl (C=O) groups is 2. The number of ketones is 1. The van der Waals surface area contributed by atoms with E-state index in [1.807, 2.05) is 64.0 Å². The van der Waals surface area contributed by atoms with Crippen LogP contribution in [-0.4, -0.2) is 58.9 Å². The second-order valence-electron chi connectivity index (χ2n) is 8.51. The lowest BCUT2D eigenvalue weighted by molar-refractivity contribution is -0.139. The molecule has 1 fully saturated rings. The van der Waals surface area contributed by atoms with Crippen molar-refractivity contribution in [1.82, 2.24) is 9.80 Å². The average Bonchev–Trinajstić information content (AvgIpc) is 2.95. The molecule has 3 rings (SSSR count). The Balaban J connectivity index is 2.15. The minimum atomic E-state index is -0.731. The number of benzene rings is 2. The lowest BCUT2D eigenvalue weighted by Gasteiger charge is -2.26. The van der Waals surface area contributed by atoms with Gasteiger partial charge in [-0.1, -0.05) is 29.8 Å². The van der Waals surface area contributed by atoms with Crippen LogP contribution < -0.4 is 0 Å². The Kier molecular flexibility index (Phi) is 6.51. The number of nitrogens with zero attached hydrogens (tertiary/aromatic N) is 2. The molecular weight excluding hydrogens is 392 g/mol. The van der Waals surface area contributed by atoms with Gasteiger partial charge in [0.05, 0.1) is 17.2 Å². The molecule has 164 valence electrons. The van der Waals surface area contributed by atoms with E-state index in [-0.39, 0.29) is 22.6 Å². The fourth-order valence-electron chi connectivity index (χ4n) is 3.90. The van der Waals surface area contributed by atoms with Crippen molar-refractivity contribution in [1.29, 1.82) is 0 Å². The first-order valence-corrected chi connectivity index (χ1v) is 10.4. The lowest BCUT2D eigenvalue weighted by atomic mass is 9.93. The Labute approximate surface area is 183 Å². The molecule has 0 unspecified atom stereocenters. The fraction of sp³-hybridized carbons (Fsp3) is 0.360. The van der Waals surface area contributed by atoms with Gasteiger partial charge in [-0.3, -0.25) is 9.59 Å². The van der Waals surface area contributed by atoms with Gasteiger partial charge in [-0.25, -0.2) is 0 Å². The molecule has 0 aliphatic carbocycles. The molecule has 6 heteroatoms. The number of hydrogen-bond donors (Lipinski definition) is 2. The molecule has 1 heterocycles. The molecule has 0 saturated carbocycles. The van der Waals surface area contributed by atoms with Crippen LogP contribution >= 0.6 is 0 Å². The van der Waals surface area contributed by atoms with Crippen LogP contribution in [0.2, 0.25) is 0 Å². The molecular formula is C25H30N2O4. The van der Waals surface area contributed by atoms with Crippen molar-refractivity contribution in [3.05, 3.63) is 69.8 Å². The maximum absolute atomic E-state index is 13.0. The molecule has 1 saturated heterocycles. The minimum absolute atomic E-state index is 0.0114. The van der Waals surface area contributed by atoms with Gasteiger partial charge < -0.3 is 20.0 Å². The molecule has 0 aromatic heterocycles. The highest BCUT2D eigenvalue weighted by Crippen LogP contribution is 2.41. The monoisotopic (exact) mass is 422 g/mol. The highest BCUT2D eigenvalue weighted by atomic mass is 16.3. The van der Waals surface area contributed by atoms with Gasteiger partial charge in [-0.2, -0.15) is 0 Å². The van der Waals surface area contributed by atoms with Crippen LogP contribution in [0.3, 0.4) is 0 Å². The van der Waals surface area contributed by atoms with Gasteiger partial charge in [-0.15, -0.1) is 0 Å². The van der Waals surface area contributed by atoms with E-state index in [0.717, 1.165) is 28.8 Å². The largest absolute Gasteiger partial charge is 0.507 e. The number of aliphatic hydroxyl groups is 1. The van der Waals surface area contributed by atoms with Gasteiger partial charge in [-0.05, 0) is 76.7 Å². The van der Waals surface area contributed by atoms with Crippen LogP contribution in [0.15, 0.2) is 42.0 Å². The number of Topliss-reactive ketones (excluding diaryl/α,β-unsaturated/α-hetero) is 1. The summed E-state index contributed by atoms with van der Waals surface area (Å²) in [5, 5.41) is 21.6. The van der Waals surface area contributed by atoms with E-state index in [1.54, 1.807) is 12.1 Å². The zero-order chi connectivity index (χ0) is 22.9. The van der Waals surface area contributed by atoms with Gasteiger partial charge >= 0.3 is 0 Å². The van der Waals surface area contributed by atoms with Gasteiger partial charge in [0.25, 0.3) is 11.7 Å². The van der Waals surface area contributed by atoms with E-state index < -0.39 is 17.7 Å². The summed E-state index contributed by atoms with van der Waals surface area (Å²) in [6.07, 6.45) is 0.692. The third-order valence-corrected chi connectivity index (χ3v) is 5.80. The Hall–Kier alpha value is -3.12. The van der Waals surface area contributed by atoms with Crippen molar-refractivity contribution in [3.63, 3.8) is 0 Å². The third kappa shape index (κ3) is 4.49. The maximum Gasteiger partial charge on any atom is 0.295 e. The quantitative estimate of drug-likeness (QED) is 0.422. The van der Waals surface area contributed by atoms with E-state index in [0.29, 0.717) is 13.0 Å². The van der Waals surface area contributed by atoms with Crippen molar-refractivity contribution in [2.24, 2.45) is 0 Å². The second kappa shape index (κ2) is 8.94. The van der Waals surface area contributed by atoms with Crippen molar-refractivity contribution in [3.8, 4) is 5.75 Å². The van der Waals surface area contributed by atoms with Crippen molar-refractivity contribution < 1.29 is 19.8 Å². The Morgan fingerprint density at radius 1 is 1.03 bits per heavy atom. The summed E-state index contributed by atoms with van der Waals surface area (Å²) in [6, 6.07) is 10.1. The van der Waals surface area contributed by atoms with Gasteiger partial charge in [0.15, 0.2) is 0 Å². The Morgan fingerprint density at radius 2 is 1.65 bits per heavy atom. The first-order valence-electron chi connectivity index (χ1n) is 10.4. The Bertz CT molecular complexity index is 1040. The molecule has 0 spiro atoms. The molecule has 2 N–H and O–H groups in total. The molecule has 6 nitrogen and oxygen atoms in total. The van der Waals surface area contributed by atoms with Gasteiger partial charge in [0.2, 0.25) is 0 Å². The number of aliphatic hydroxyl groups excluding tert-OH is 1. The minimum Gasteiger partial charge on any atom is -0.507 e. The van der Waals surface area contributed by atoms with E-state index in [9.17, 15) is 19.8 Å².